The predicted octanol–water partition coefficient (Wildman–Crippen LogP) is 3.95. The summed E-state index contributed by atoms with van der Waals surface area (Å²) < 4.78 is 6.46. The summed E-state index contributed by atoms with van der Waals surface area (Å²) in [6.07, 6.45) is 1.58. The number of ether oxygens (including phenoxy) is 1. The van der Waals surface area contributed by atoms with E-state index in [2.05, 4.69) is 20.9 Å². The third-order valence-corrected chi connectivity index (χ3v) is 3.06. The van der Waals surface area contributed by atoms with Crippen LogP contribution in [0.25, 0.3) is 0 Å². The van der Waals surface area contributed by atoms with Crippen LogP contribution in [-0.4, -0.2) is 4.98 Å². The van der Waals surface area contributed by atoms with Gasteiger partial charge in [0.1, 0.15) is 24.1 Å². The molecule has 0 unspecified atom stereocenters. The zero-order valence-electron chi connectivity index (χ0n) is 9.23. The minimum Gasteiger partial charge on any atom is -0.487 e. The lowest BCUT2D eigenvalue weighted by Gasteiger charge is -2.08. The van der Waals surface area contributed by atoms with Gasteiger partial charge in [0, 0.05) is 16.2 Å². The molecule has 1 heterocycles. The quantitative estimate of drug-likeness (QED) is 0.859. The van der Waals surface area contributed by atoms with E-state index < -0.39 is 0 Å². The van der Waals surface area contributed by atoms with Gasteiger partial charge < -0.3 is 4.74 Å². The Balaban J connectivity index is 2.14. The first kappa shape index (κ1) is 12.9. The summed E-state index contributed by atoms with van der Waals surface area (Å²) >= 11 is 9.36. The summed E-state index contributed by atoms with van der Waals surface area (Å²) in [5.41, 5.74) is 1.10. The second-order valence-electron chi connectivity index (χ2n) is 3.49. The fourth-order valence-electron chi connectivity index (χ4n) is 1.40. The van der Waals surface area contributed by atoms with Crippen molar-refractivity contribution in [2.75, 3.05) is 0 Å². The number of aromatic nitrogens is 1. The van der Waals surface area contributed by atoms with E-state index in [1.165, 1.54) is 0 Å². The van der Waals surface area contributed by atoms with Crippen LogP contribution in [0.1, 0.15) is 11.3 Å². The molecule has 0 saturated carbocycles. The maximum absolute atomic E-state index is 8.91. The highest BCUT2D eigenvalue weighted by Crippen LogP contribution is 2.28. The highest BCUT2D eigenvalue weighted by Gasteiger charge is 2.06. The van der Waals surface area contributed by atoms with Gasteiger partial charge in [-0.1, -0.05) is 33.6 Å². The topological polar surface area (TPSA) is 45.9 Å². The van der Waals surface area contributed by atoms with Crippen molar-refractivity contribution < 1.29 is 4.74 Å². The van der Waals surface area contributed by atoms with Gasteiger partial charge in [-0.2, -0.15) is 5.26 Å². The van der Waals surface area contributed by atoms with E-state index in [9.17, 15) is 0 Å². The third kappa shape index (κ3) is 3.00. The molecule has 0 spiro atoms. The Morgan fingerprint density at radius 3 is 2.94 bits per heavy atom. The molecule has 18 heavy (non-hydrogen) atoms. The van der Waals surface area contributed by atoms with E-state index in [-0.39, 0.29) is 6.61 Å². The number of nitrogens with zero attached hydrogens (tertiary/aromatic N) is 2. The van der Waals surface area contributed by atoms with Crippen molar-refractivity contribution >= 4 is 27.5 Å². The first-order valence-corrected chi connectivity index (χ1v) is 6.29. The van der Waals surface area contributed by atoms with Gasteiger partial charge in [0.25, 0.3) is 0 Å². The lowest BCUT2D eigenvalue weighted by molar-refractivity contribution is 0.305. The van der Waals surface area contributed by atoms with Crippen molar-refractivity contribution in [1.29, 1.82) is 5.26 Å². The molecule has 2 aromatic rings. The largest absolute Gasteiger partial charge is 0.487 e. The molecule has 3 nitrogen and oxygen atoms in total. The number of benzene rings is 1. The van der Waals surface area contributed by atoms with Crippen molar-refractivity contribution in [2.24, 2.45) is 0 Å². The summed E-state index contributed by atoms with van der Waals surface area (Å²) in [6.45, 7) is 0.262. The number of pyridine rings is 1. The van der Waals surface area contributed by atoms with E-state index in [0.29, 0.717) is 16.5 Å². The van der Waals surface area contributed by atoms with Gasteiger partial charge >= 0.3 is 0 Å². The molecule has 90 valence electrons. The lowest BCUT2D eigenvalue weighted by Crippen LogP contribution is -2.00. The van der Waals surface area contributed by atoms with Crippen molar-refractivity contribution in [2.45, 2.75) is 6.61 Å². The van der Waals surface area contributed by atoms with E-state index >= 15 is 0 Å². The maximum atomic E-state index is 8.91. The van der Waals surface area contributed by atoms with Gasteiger partial charge in [0.2, 0.25) is 0 Å². The monoisotopic (exact) mass is 322 g/mol. The van der Waals surface area contributed by atoms with Gasteiger partial charge in [0.15, 0.2) is 0 Å². The SMILES string of the molecule is N#Cc1ncccc1COc1ccc(Br)cc1Cl. The molecule has 0 aliphatic rings. The summed E-state index contributed by atoms with van der Waals surface area (Å²) in [4.78, 5) is 3.96. The first-order valence-electron chi connectivity index (χ1n) is 5.12. The van der Waals surface area contributed by atoms with Crippen molar-refractivity contribution in [3.8, 4) is 11.8 Å². The zero-order valence-corrected chi connectivity index (χ0v) is 11.6. The van der Waals surface area contributed by atoms with Crippen LogP contribution in [0.4, 0.5) is 0 Å². The Hall–Kier alpha value is -1.57. The molecule has 0 fully saturated rings. The molecule has 1 aromatic heterocycles. The fraction of sp³-hybridized carbons (Fsp3) is 0.0769. The van der Waals surface area contributed by atoms with Gasteiger partial charge in [-0.05, 0) is 24.3 Å². The normalized spacial score (nSPS) is 9.83. The van der Waals surface area contributed by atoms with Gasteiger partial charge in [0.05, 0.1) is 5.02 Å². The first-order chi connectivity index (χ1) is 8.70. The molecule has 0 amide bonds. The smallest absolute Gasteiger partial charge is 0.147 e. The Morgan fingerprint density at radius 2 is 2.22 bits per heavy atom. The van der Waals surface area contributed by atoms with Gasteiger partial charge in [-0.25, -0.2) is 4.98 Å². The van der Waals surface area contributed by atoms with Crippen molar-refractivity contribution in [3.63, 3.8) is 0 Å². The Morgan fingerprint density at radius 1 is 1.39 bits per heavy atom. The highest BCUT2D eigenvalue weighted by molar-refractivity contribution is 9.10. The third-order valence-electron chi connectivity index (χ3n) is 2.27. The molecule has 2 rings (SSSR count). The molecule has 0 radical (unpaired) electrons. The molecule has 5 heteroatoms. The number of nitriles is 1. The Labute approximate surface area is 118 Å². The van der Waals surface area contributed by atoms with E-state index in [4.69, 9.17) is 21.6 Å². The fourth-order valence-corrected chi connectivity index (χ4v) is 2.13. The average molecular weight is 324 g/mol. The van der Waals surface area contributed by atoms with Crippen molar-refractivity contribution in [3.05, 3.63) is 57.3 Å². The minimum absolute atomic E-state index is 0.262. The number of hydrogen-bond acceptors (Lipinski definition) is 3. The van der Waals surface area contributed by atoms with Crippen LogP contribution >= 0.6 is 27.5 Å². The molecule has 0 aliphatic heterocycles. The second kappa shape index (κ2) is 5.85. The van der Waals surface area contributed by atoms with Crippen LogP contribution < -0.4 is 4.74 Å². The van der Waals surface area contributed by atoms with Crippen LogP contribution in [0.3, 0.4) is 0 Å². The predicted molar refractivity (Wildman–Crippen MR) is 72.4 cm³/mol. The standard InChI is InChI=1S/C13H8BrClN2O/c14-10-3-4-13(11(15)6-10)18-8-9-2-1-5-17-12(9)7-16/h1-6H,8H2. The van der Waals surface area contributed by atoms with Gasteiger partial charge in [-0.3, -0.25) is 0 Å². The average Bonchev–Trinajstić information content (AvgIpc) is 2.38. The van der Waals surface area contributed by atoms with Crippen LogP contribution in [0.5, 0.6) is 5.75 Å². The Kier molecular flexibility index (Phi) is 4.19. The molecule has 0 saturated heterocycles. The summed E-state index contributed by atoms with van der Waals surface area (Å²) in [7, 11) is 0. The lowest BCUT2D eigenvalue weighted by atomic mass is 10.2. The molecule has 1 aromatic carbocycles. The summed E-state index contributed by atoms with van der Waals surface area (Å²) in [5.74, 6) is 0.576. The van der Waals surface area contributed by atoms with Crippen LogP contribution in [0.15, 0.2) is 41.0 Å². The van der Waals surface area contributed by atoms with Crippen LogP contribution in [-0.2, 0) is 6.61 Å². The molecule has 0 atom stereocenters. The van der Waals surface area contributed by atoms with E-state index in [1.54, 1.807) is 30.5 Å². The van der Waals surface area contributed by atoms with E-state index in [0.717, 1.165) is 10.0 Å². The second-order valence-corrected chi connectivity index (χ2v) is 4.81. The molecule has 0 bridgehead atoms. The minimum atomic E-state index is 0.262. The molecular formula is C13H8BrClN2O. The van der Waals surface area contributed by atoms with E-state index in [1.807, 2.05) is 12.1 Å². The van der Waals surface area contributed by atoms with Crippen LogP contribution in [0, 0.1) is 11.3 Å². The van der Waals surface area contributed by atoms with Gasteiger partial charge in [-0.15, -0.1) is 0 Å². The number of rotatable bonds is 3. The molecular weight excluding hydrogens is 316 g/mol. The summed E-state index contributed by atoms with van der Waals surface area (Å²) in [6, 6.07) is 11.0. The zero-order chi connectivity index (χ0) is 13.0. The summed E-state index contributed by atoms with van der Waals surface area (Å²) in [5, 5.41) is 9.43. The maximum Gasteiger partial charge on any atom is 0.147 e. The number of hydrogen-bond donors (Lipinski definition) is 0. The Bertz CT molecular complexity index is 610. The van der Waals surface area contributed by atoms with Crippen molar-refractivity contribution in [1.82, 2.24) is 4.98 Å². The molecule has 0 aliphatic carbocycles. The van der Waals surface area contributed by atoms with Crippen LogP contribution in [0.2, 0.25) is 5.02 Å². The highest BCUT2D eigenvalue weighted by atomic mass is 79.9. The number of halogens is 2. The molecule has 0 N–H and O–H groups in total.